The smallest absolute Gasteiger partial charge is 0.142 e. The number of nitrogens with zero attached hydrogens (tertiary/aromatic N) is 1. The lowest BCUT2D eigenvalue weighted by molar-refractivity contribution is 0.628. The normalized spacial score (nSPS) is 14.9. The van der Waals surface area contributed by atoms with Crippen molar-refractivity contribution in [1.82, 2.24) is 15.3 Å². The van der Waals surface area contributed by atoms with Gasteiger partial charge in [0, 0.05) is 11.6 Å². The summed E-state index contributed by atoms with van der Waals surface area (Å²) >= 11 is 11.7. The van der Waals surface area contributed by atoms with Crippen LogP contribution in [0.3, 0.4) is 0 Å². The van der Waals surface area contributed by atoms with Crippen molar-refractivity contribution in [3.8, 4) is 11.3 Å². The van der Waals surface area contributed by atoms with E-state index in [2.05, 4.69) is 15.3 Å². The molecule has 1 aliphatic carbocycles. The number of aromatic nitrogens is 2. The third-order valence-corrected chi connectivity index (χ3v) is 3.67. The summed E-state index contributed by atoms with van der Waals surface area (Å²) in [6, 6.07) is 3.33. The van der Waals surface area contributed by atoms with E-state index in [-0.39, 0.29) is 5.02 Å². The van der Waals surface area contributed by atoms with Crippen LogP contribution in [0.25, 0.3) is 11.3 Å². The molecule has 1 aromatic heterocycles. The number of nitrogens with one attached hydrogen (secondary N) is 2. The molecular formula is C13H12Cl2FN3. The van der Waals surface area contributed by atoms with Crippen molar-refractivity contribution >= 4 is 23.2 Å². The summed E-state index contributed by atoms with van der Waals surface area (Å²) < 4.78 is 13.5. The predicted octanol–water partition coefficient (Wildman–Crippen LogP) is 3.77. The molecule has 1 aliphatic rings. The summed E-state index contributed by atoms with van der Waals surface area (Å²) in [6.45, 7) is 0.679. The van der Waals surface area contributed by atoms with E-state index >= 15 is 0 Å². The molecule has 6 heteroatoms. The highest BCUT2D eigenvalue weighted by Crippen LogP contribution is 2.31. The van der Waals surface area contributed by atoms with E-state index in [0.717, 1.165) is 5.82 Å². The molecule has 19 heavy (non-hydrogen) atoms. The van der Waals surface area contributed by atoms with E-state index < -0.39 is 5.82 Å². The monoisotopic (exact) mass is 299 g/mol. The molecule has 0 saturated heterocycles. The first-order chi connectivity index (χ1) is 9.13. The van der Waals surface area contributed by atoms with Crippen LogP contribution in [-0.2, 0) is 6.54 Å². The zero-order chi connectivity index (χ0) is 13.4. The van der Waals surface area contributed by atoms with Crippen LogP contribution in [0.4, 0.5) is 4.39 Å². The molecule has 1 saturated carbocycles. The first-order valence-corrected chi connectivity index (χ1v) is 6.81. The van der Waals surface area contributed by atoms with Crippen LogP contribution in [0.2, 0.25) is 10.0 Å². The van der Waals surface area contributed by atoms with E-state index in [4.69, 9.17) is 23.2 Å². The predicted molar refractivity (Wildman–Crippen MR) is 73.9 cm³/mol. The molecule has 0 amide bonds. The summed E-state index contributed by atoms with van der Waals surface area (Å²) in [7, 11) is 0. The SMILES string of the molecule is Fc1cc(-c2cnc(CNC3CC3)[nH]2)c(Cl)cc1Cl. The van der Waals surface area contributed by atoms with Gasteiger partial charge in [0.25, 0.3) is 0 Å². The van der Waals surface area contributed by atoms with Gasteiger partial charge in [0.05, 0.1) is 28.5 Å². The summed E-state index contributed by atoms with van der Waals surface area (Å²) in [5, 5.41) is 3.77. The molecule has 2 aromatic rings. The highest BCUT2D eigenvalue weighted by atomic mass is 35.5. The van der Waals surface area contributed by atoms with Crippen molar-refractivity contribution in [3.05, 3.63) is 40.0 Å². The second-order valence-corrected chi connectivity index (χ2v) is 5.46. The molecular weight excluding hydrogens is 288 g/mol. The van der Waals surface area contributed by atoms with Crippen molar-refractivity contribution in [2.45, 2.75) is 25.4 Å². The van der Waals surface area contributed by atoms with E-state index in [0.29, 0.717) is 28.9 Å². The zero-order valence-electron chi connectivity index (χ0n) is 10.0. The van der Waals surface area contributed by atoms with Gasteiger partial charge in [-0.2, -0.15) is 0 Å². The fraction of sp³-hybridized carbons (Fsp3) is 0.308. The number of benzene rings is 1. The fourth-order valence-electron chi connectivity index (χ4n) is 1.85. The Balaban J connectivity index is 1.83. The maximum atomic E-state index is 13.5. The quantitative estimate of drug-likeness (QED) is 0.844. The molecule has 0 aliphatic heterocycles. The maximum absolute atomic E-state index is 13.5. The lowest BCUT2D eigenvalue weighted by Crippen LogP contribution is -2.16. The van der Waals surface area contributed by atoms with Crippen LogP contribution in [0.5, 0.6) is 0 Å². The van der Waals surface area contributed by atoms with Crippen molar-refractivity contribution in [3.63, 3.8) is 0 Å². The van der Waals surface area contributed by atoms with Gasteiger partial charge in [0.2, 0.25) is 0 Å². The van der Waals surface area contributed by atoms with Gasteiger partial charge in [-0.15, -0.1) is 0 Å². The Morgan fingerprint density at radius 3 is 2.84 bits per heavy atom. The summed E-state index contributed by atoms with van der Waals surface area (Å²) in [4.78, 5) is 7.39. The molecule has 0 radical (unpaired) electrons. The van der Waals surface area contributed by atoms with Crippen LogP contribution in [-0.4, -0.2) is 16.0 Å². The fourth-order valence-corrected chi connectivity index (χ4v) is 2.33. The van der Waals surface area contributed by atoms with Gasteiger partial charge in [-0.1, -0.05) is 23.2 Å². The van der Waals surface area contributed by atoms with Crippen LogP contribution in [0, 0.1) is 5.82 Å². The van der Waals surface area contributed by atoms with E-state index in [1.54, 1.807) is 6.20 Å². The van der Waals surface area contributed by atoms with Crippen LogP contribution >= 0.6 is 23.2 Å². The number of rotatable bonds is 4. The highest BCUT2D eigenvalue weighted by molar-refractivity contribution is 6.36. The lowest BCUT2D eigenvalue weighted by Gasteiger charge is -2.03. The standard InChI is InChI=1S/C13H12Cl2FN3/c14-9-4-10(15)11(16)3-8(9)12-5-18-13(19-12)6-17-7-1-2-7/h3-5,7,17H,1-2,6H2,(H,18,19). The number of halogens is 3. The molecule has 1 heterocycles. The van der Waals surface area contributed by atoms with Gasteiger partial charge in [-0.05, 0) is 25.0 Å². The van der Waals surface area contributed by atoms with E-state index in [1.165, 1.54) is 25.0 Å². The molecule has 0 bridgehead atoms. The highest BCUT2D eigenvalue weighted by Gasteiger charge is 2.20. The number of hydrogen-bond donors (Lipinski definition) is 2. The third kappa shape index (κ3) is 2.91. The average molecular weight is 300 g/mol. The number of hydrogen-bond acceptors (Lipinski definition) is 2. The largest absolute Gasteiger partial charge is 0.341 e. The minimum absolute atomic E-state index is 0.0175. The number of imidazole rings is 1. The topological polar surface area (TPSA) is 40.7 Å². The van der Waals surface area contributed by atoms with Gasteiger partial charge in [0.1, 0.15) is 11.6 Å². The molecule has 100 valence electrons. The van der Waals surface area contributed by atoms with Crippen molar-refractivity contribution in [2.75, 3.05) is 0 Å². The van der Waals surface area contributed by atoms with Gasteiger partial charge in [0.15, 0.2) is 0 Å². The lowest BCUT2D eigenvalue weighted by atomic mass is 10.1. The first kappa shape index (κ1) is 12.9. The minimum Gasteiger partial charge on any atom is -0.341 e. The molecule has 0 unspecified atom stereocenters. The van der Waals surface area contributed by atoms with Crippen molar-refractivity contribution < 1.29 is 4.39 Å². The van der Waals surface area contributed by atoms with Crippen LogP contribution in [0.1, 0.15) is 18.7 Å². The Hall–Kier alpha value is -1.10. The van der Waals surface area contributed by atoms with Crippen molar-refractivity contribution in [1.29, 1.82) is 0 Å². The van der Waals surface area contributed by atoms with Gasteiger partial charge in [-0.25, -0.2) is 9.37 Å². The summed E-state index contributed by atoms with van der Waals surface area (Å²) in [6.07, 6.45) is 4.10. The Labute approximate surface area is 120 Å². The Morgan fingerprint density at radius 1 is 1.32 bits per heavy atom. The Morgan fingerprint density at radius 2 is 2.11 bits per heavy atom. The molecule has 0 atom stereocenters. The third-order valence-electron chi connectivity index (χ3n) is 3.06. The summed E-state index contributed by atoms with van der Waals surface area (Å²) in [5.41, 5.74) is 1.25. The zero-order valence-corrected chi connectivity index (χ0v) is 11.5. The molecule has 0 spiro atoms. The number of H-pyrrole nitrogens is 1. The number of aromatic amines is 1. The van der Waals surface area contributed by atoms with Gasteiger partial charge < -0.3 is 10.3 Å². The average Bonchev–Trinajstić information content (AvgIpc) is 3.09. The Bertz CT molecular complexity index is 608. The molecule has 3 rings (SSSR count). The maximum Gasteiger partial charge on any atom is 0.142 e. The van der Waals surface area contributed by atoms with Gasteiger partial charge >= 0.3 is 0 Å². The van der Waals surface area contributed by atoms with Crippen LogP contribution in [0.15, 0.2) is 18.3 Å². The second-order valence-electron chi connectivity index (χ2n) is 4.64. The molecule has 3 nitrogen and oxygen atoms in total. The Kier molecular flexibility index (Phi) is 3.48. The minimum atomic E-state index is -0.492. The van der Waals surface area contributed by atoms with Crippen LogP contribution < -0.4 is 5.32 Å². The second kappa shape index (κ2) is 5.12. The molecule has 1 fully saturated rings. The molecule has 2 N–H and O–H groups in total. The van der Waals surface area contributed by atoms with Crippen molar-refractivity contribution in [2.24, 2.45) is 0 Å². The van der Waals surface area contributed by atoms with E-state index in [9.17, 15) is 4.39 Å². The molecule has 1 aromatic carbocycles. The van der Waals surface area contributed by atoms with Gasteiger partial charge in [-0.3, -0.25) is 0 Å². The first-order valence-electron chi connectivity index (χ1n) is 6.05. The summed E-state index contributed by atoms with van der Waals surface area (Å²) in [5.74, 6) is 0.321. The van der Waals surface area contributed by atoms with E-state index in [1.807, 2.05) is 0 Å².